The topological polar surface area (TPSA) is 99.3 Å². The largest absolute Gasteiger partial charge is 0.337 e. The normalized spacial score (nSPS) is 17.0. The van der Waals surface area contributed by atoms with Gasteiger partial charge >= 0.3 is 0 Å². The maximum atomic E-state index is 12.5. The average molecular weight is 335 g/mol. The van der Waals surface area contributed by atoms with Crippen LogP contribution in [0.25, 0.3) is 0 Å². The van der Waals surface area contributed by atoms with Gasteiger partial charge in [0.15, 0.2) is 5.03 Å². The molecule has 122 valence electrons. The summed E-state index contributed by atoms with van der Waals surface area (Å²) in [5.74, 6) is -0.104. The third kappa shape index (κ3) is 3.25. The summed E-state index contributed by atoms with van der Waals surface area (Å²) in [7, 11) is -3.59. The number of nitrogens with one attached hydrogen (secondary N) is 1. The first-order valence-corrected chi connectivity index (χ1v) is 8.71. The van der Waals surface area contributed by atoms with Crippen LogP contribution in [0.3, 0.4) is 0 Å². The summed E-state index contributed by atoms with van der Waals surface area (Å²) in [6, 6.07) is 3.32. The minimum Gasteiger partial charge on any atom is -0.337 e. The fraction of sp³-hybridized carbons (Fsp3) is 0.357. The number of nitrogens with zero attached hydrogens (tertiary/aromatic N) is 4. The summed E-state index contributed by atoms with van der Waals surface area (Å²) in [5, 5.41) is 0.0754. The number of sulfonamides is 1. The van der Waals surface area contributed by atoms with Crippen LogP contribution in [0.1, 0.15) is 16.8 Å². The minimum absolute atomic E-state index is 0.0754. The van der Waals surface area contributed by atoms with Crippen LogP contribution in [0.2, 0.25) is 0 Å². The smallest absolute Gasteiger partial charge is 0.260 e. The molecule has 0 atom stereocenters. The molecule has 0 aromatic carbocycles. The van der Waals surface area contributed by atoms with Crippen molar-refractivity contribution in [2.24, 2.45) is 0 Å². The van der Waals surface area contributed by atoms with Crippen molar-refractivity contribution in [3.05, 3.63) is 42.6 Å². The molecule has 1 aliphatic rings. The molecule has 9 heteroatoms. The fourth-order valence-corrected chi connectivity index (χ4v) is 3.90. The Hall–Kier alpha value is -2.26. The second-order valence-electron chi connectivity index (χ2n) is 5.20. The van der Waals surface area contributed by atoms with Gasteiger partial charge in [0, 0.05) is 44.1 Å². The molecule has 0 radical (unpaired) electrons. The number of H-pyrrole nitrogens is 1. The Balaban J connectivity index is 1.72. The van der Waals surface area contributed by atoms with Crippen LogP contribution >= 0.6 is 0 Å². The highest BCUT2D eigenvalue weighted by Crippen LogP contribution is 2.16. The Labute approximate surface area is 134 Å². The lowest BCUT2D eigenvalue weighted by Crippen LogP contribution is -2.37. The number of carbonyl (C=O) groups excluding carboxylic acids is 1. The zero-order chi connectivity index (χ0) is 16.3. The minimum atomic E-state index is -3.59. The summed E-state index contributed by atoms with van der Waals surface area (Å²) < 4.78 is 26.4. The molecule has 1 aliphatic heterocycles. The van der Waals surface area contributed by atoms with Gasteiger partial charge in [-0.2, -0.15) is 4.31 Å². The van der Waals surface area contributed by atoms with E-state index in [-0.39, 0.29) is 17.5 Å². The number of aromatic amines is 1. The van der Waals surface area contributed by atoms with Gasteiger partial charge in [-0.25, -0.2) is 13.4 Å². The number of hydrogen-bond donors (Lipinski definition) is 1. The molecule has 0 aliphatic carbocycles. The van der Waals surface area contributed by atoms with E-state index in [1.807, 2.05) is 0 Å². The van der Waals surface area contributed by atoms with Gasteiger partial charge < -0.3 is 9.88 Å². The van der Waals surface area contributed by atoms with Crippen molar-refractivity contribution in [3.8, 4) is 0 Å². The first-order valence-electron chi connectivity index (χ1n) is 7.27. The molecule has 1 amide bonds. The van der Waals surface area contributed by atoms with Gasteiger partial charge in [0.2, 0.25) is 0 Å². The van der Waals surface area contributed by atoms with E-state index in [4.69, 9.17) is 0 Å². The van der Waals surface area contributed by atoms with E-state index >= 15 is 0 Å². The maximum absolute atomic E-state index is 12.5. The number of hydrogen-bond acceptors (Lipinski definition) is 5. The number of imidazole rings is 1. The van der Waals surface area contributed by atoms with E-state index in [1.54, 1.807) is 29.4 Å². The fourth-order valence-electron chi connectivity index (χ4n) is 2.54. The van der Waals surface area contributed by atoms with Crippen molar-refractivity contribution in [3.63, 3.8) is 0 Å². The van der Waals surface area contributed by atoms with Crippen LogP contribution in [0.5, 0.6) is 0 Å². The van der Waals surface area contributed by atoms with Crippen molar-refractivity contribution in [2.75, 3.05) is 26.2 Å². The van der Waals surface area contributed by atoms with Crippen LogP contribution in [-0.2, 0) is 10.0 Å². The first kappa shape index (κ1) is 15.6. The molecule has 3 heterocycles. The van der Waals surface area contributed by atoms with Gasteiger partial charge in [-0.1, -0.05) is 0 Å². The molecular weight excluding hydrogens is 318 g/mol. The highest BCUT2D eigenvalue weighted by Gasteiger charge is 2.29. The van der Waals surface area contributed by atoms with Crippen LogP contribution in [-0.4, -0.2) is 64.7 Å². The van der Waals surface area contributed by atoms with Gasteiger partial charge in [0.25, 0.3) is 15.9 Å². The van der Waals surface area contributed by atoms with Crippen LogP contribution in [0.15, 0.2) is 42.1 Å². The second kappa shape index (κ2) is 6.47. The molecular formula is C14H17N5O3S. The number of carbonyl (C=O) groups is 1. The van der Waals surface area contributed by atoms with Gasteiger partial charge in [-0.15, -0.1) is 0 Å². The van der Waals surface area contributed by atoms with Gasteiger partial charge in [-0.3, -0.25) is 9.78 Å². The Morgan fingerprint density at radius 3 is 2.57 bits per heavy atom. The maximum Gasteiger partial charge on any atom is 0.260 e. The molecule has 0 bridgehead atoms. The lowest BCUT2D eigenvalue weighted by atomic mass is 10.2. The highest BCUT2D eigenvalue weighted by molar-refractivity contribution is 7.89. The van der Waals surface area contributed by atoms with Crippen LogP contribution in [0, 0.1) is 0 Å². The van der Waals surface area contributed by atoms with Crippen molar-refractivity contribution in [2.45, 2.75) is 11.4 Å². The van der Waals surface area contributed by atoms with E-state index in [1.165, 1.54) is 16.8 Å². The summed E-state index contributed by atoms with van der Waals surface area (Å²) in [4.78, 5) is 24.4. The molecule has 1 fully saturated rings. The van der Waals surface area contributed by atoms with Crippen molar-refractivity contribution in [1.82, 2.24) is 24.2 Å². The Bertz CT molecular complexity index is 761. The zero-order valence-corrected chi connectivity index (χ0v) is 13.2. The molecule has 0 saturated carbocycles. The number of aromatic nitrogens is 3. The van der Waals surface area contributed by atoms with Crippen molar-refractivity contribution >= 4 is 15.9 Å². The summed E-state index contributed by atoms with van der Waals surface area (Å²) in [6.45, 7) is 1.52. The quantitative estimate of drug-likeness (QED) is 0.872. The first-order chi connectivity index (χ1) is 11.1. The molecule has 2 aromatic rings. The van der Waals surface area contributed by atoms with Gasteiger partial charge in [0.05, 0.1) is 12.5 Å². The molecule has 1 saturated heterocycles. The van der Waals surface area contributed by atoms with Gasteiger partial charge in [-0.05, 0) is 18.6 Å². The molecule has 0 unspecified atom stereocenters. The average Bonchev–Trinajstić information content (AvgIpc) is 3.00. The standard InChI is InChI=1S/C14H17N5O3S/c20-14(12-2-4-15-5-3-12)18-6-1-7-19(9-8-18)23(21,22)13-10-16-11-17-13/h2-5,10-11H,1,6-9H2,(H,16,17). The summed E-state index contributed by atoms with van der Waals surface area (Å²) in [5.41, 5.74) is 0.560. The lowest BCUT2D eigenvalue weighted by molar-refractivity contribution is 0.0764. The molecule has 0 spiro atoms. The SMILES string of the molecule is O=C(c1ccncc1)N1CCCN(S(=O)(=O)c2cnc[nH]2)CC1. The van der Waals surface area contributed by atoms with E-state index in [9.17, 15) is 13.2 Å². The van der Waals surface area contributed by atoms with E-state index in [0.717, 1.165) is 0 Å². The summed E-state index contributed by atoms with van der Waals surface area (Å²) in [6.07, 6.45) is 6.36. The van der Waals surface area contributed by atoms with Crippen LogP contribution < -0.4 is 0 Å². The third-order valence-corrected chi connectivity index (χ3v) is 5.58. The summed E-state index contributed by atoms with van der Waals surface area (Å²) >= 11 is 0. The molecule has 8 nitrogen and oxygen atoms in total. The highest BCUT2D eigenvalue weighted by atomic mass is 32.2. The predicted molar refractivity (Wildman–Crippen MR) is 82.1 cm³/mol. The van der Waals surface area contributed by atoms with Crippen LogP contribution in [0.4, 0.5) is 0 Å². The van der Waals surface area contributed by atoms with Gasteiger partial charge in [0.1, 0.15) is 0 Å². The number of amides is 1. The Kier molecular flexibility index (Phi) is 4.39. The predicted octanol–water partition coefficient (Wildman–Crippen LogP) is 0.341. The number of pyridine rings is 1. The molecule has 23 heavy (non-hydrogen) atoms. The zero-order valence-electron chi connectivity index (χ0n) is 12.4. The molecule has 1 N–H and O–H groups in total. The third-order valence-electron chi connectivity index (χ3n) is 3.76. The second-order valence-corrected chi connectivity index (χ2v) is 7.11. The van der Waals surface area contributed by atoms with E-state index < -0.39 is 10.0 Å². The van der Waals surface area contributed by atoms with E-state index in [0.29, 0.717) is 31.6 Å². The molecule has 2 aromatic heterocycles. The lowest BCUT2D eigenvalue weighted by Gasteiger charge is -2.21. The Morgan fingerprint density at radius 2 is 1.87 bits per heavy atom. The van der Waals surface area contributed by atoms with Crippen molar-refractivity contribution in [1.29, 1.82) is 0 Å². The number of rotatable bonds is 3. The van der Waals surface area contributed by atoms with E-state index in [2.05, 4.69) is 15.0 Å². The Morgan fingerprint density at radius 1 is 1.09 bits per heavy atom. The van der Waals surface area contributed by atoms with Crippen molar-refractivity contribution < 1.29 is 13.2 Å². The monoisotopic (exact) mass is 335 g/mol. The molecule has 3 rings (SSSR count).